The Labute approximate surface area is 123 Å². The van der Waals surface area contributed by atoms with E-state index in [1.807, 2.05) is 0 Å². The zero-order chi connectivity index (χ0) is 14.5. The summed E-state index contributed by atoms with van der Waals surface area (Å²) in [4.78, 5) is 27.2. The molecule has 1 atom stereocenters. The van der Waals surface area contributed by atoms with Crippen LogP contribution in [0, 0.1) is 0 Å². The second-order valence-corrected chi connectivity index (χ2v) is 4.96. The second kappa shape index (κ2) is 6.29. The van der Waals surface area contributed by atoms with Crippen LogP contribution in [0.25, 0.3) is 0 Å². The minimum atomic E-state index is -1.12. The normalized spacial score (nSPS) is 11.7. The fourth-order valence-electron chi connectivity index (χ4n) is 1.68. The van der Waals surface area contributed by atoms with Gasteiger partial charge in [-0.1, -0.05) is 30.3 Å². The maximum absolute atomic E-state index is 12.0. The van der Waals surface area contributed by atoms with Crippen molar-refractivity contribution in [2.45, 2.75) is 6.04 Å². The van der Waals surface area contributed by atoms with E-state index in [0.29, 0.717) is 15.6 Å². The predicted molar refractivity (Wildman–Crippen MR) is 76.2 cm³/mol. The number of hydrogen-bond donors (Lipinski definition) is 2. The summed E-state index contributed by atoms with van der Waals surface area (Å²) >= 11 is 3.21. The smallest absolute Gasteiger partial charge is 0.330 e. The van der Waals surface area contributed by atoms with Crippen molar-refractivity contribution < 1.29 is 14.7 Å². The highest BCUT2D eigenvalue weighted by Gasteiger charge is 2.22. The number of nitrogens with one attached hydrogen (secondary N) is 1. The van der Waals surface area contributed by atoms with Gasteiger partial charge in [-0.25, -0.2) is 4.79 Å². The molecular weight excluding hydrogens is 324 g/mol. The molecule has 1 amide bonds. The van der Waals surface area contributed by atoms with Crippen molar-refractivity contribution in [2.24, 2.45) is 0 Å². The van der Waals surface area contributed by atoms with Gasteiger partial charge in [-0.15, -0.1) is 0 Å². The van der Waals surface area contributed by atoms with Crippen LogP contribution in [-0.2, 0) is 4.79 Å². The van der Waals surface area contributed by atoms with Gasteiger partial charge in [-0.05, 0) is 27.6 Å². The van der Waals surface area contributed by atoms with Crippen LogP contribution < -0.4 is 5.32 Å². The van der Waals surface area contributed by atoms with Crippen LogP contribution in [0.4, 0.5) is 0 Å². The third-order valence-corrected chi connectivity index (χ3v) is 3.06. The van der Waals surface area contributed by atoms with Crippen molar-refractivity contribution in [2.75, 3.05) is 0 Å². The molecule has 5 nitrogen and oxygen atoms in total. The lowest BCUT2D eigenvalue weighted by atomic mass is 10.1. The first-order valence-electron chi connectivity index (χ1n) is 5.77. The molecule has 0 bridgehead atoms. The molecule has 0 aliphatic rings. The first kappa shape index (κ1) is 14.2. The van der Waals surface area contributed by atoms with E-state index in [2.05, 4.69) is 26.2 Å². The summed E-state index contributed by atoms with van der Waals surface area (Å²) in [6.45, 7) is 0. The summed E-state index contributed by atoms with van der Waals surface area (Å²) in [5.41, 5.74) is 0.804. The number of carbonyl (C=O) groups is 2. The van der Waals surface area contributed by atoms with E-state index in [0.717, 1.165) is 0 Å². The topological polar surface area (TPSA) is 79.3 Å². The number of carboxylic acids is 1. The standard InChI is InChI=1S/C14H11BrN2O3/c15-11-6-10(7-16-8-11)13(18)17-12(14(19)20)9-4-2-1-3-5-9/h1-8,12H,(H,17,18)(H,19,20)/t12-/m1/s1. The van der Waals surface area contributed by atoms with Gasteiger partial charge >= 0.3 is 5.97 Å². The highest BCUT2D eigenvalue weighted by Crippen LogP contribution is 2.15. The number of aliphatic carboxylic acids is 1. The molecule has 6 heteroatoms. The van der Waals surface area contributed by atoms with Crippen LogP contribution in [0.15, 0.2) is 53.3 Å². The molecule has 2 aromatic rings. The van der Waals surface area contributed by atoms with E-state index in [1.54, 1.807) is 42.6 Å². The van der Waals surface area contributed by atoms with Gasteiger partial charge in [0.2, 0.25) is 0 Å². The number of aromatic nitrogens is 1. The summed E-state index contributed by atoms with van der Waals surface area (Å²) in [6.07, 6.45) is 2.92. The first-order valence-corrected chi connectivity index (χ1v) is 6.56. The fourth-order valence-corrected chi connectivity index (χ4v) is 2.05. The number of nitrogens with zero attached hydrogens (tertiary/aromatic N) is 1. The van der Waals surface area contributed by atoms with Gasteiger partial charge in [0.25, 0.3) is 5.91 Å². The van der Waals surface area contributed by atoms with E-state index in [4.69, 9.17) is 0 Å². The summed E-state index contributed by atoms with van der Waals surface area (Å²) in [5.74, 6) is -1.61. The molecule has 102 valence electrons. The van der Waals surface area contributed by atoms with Crippen molar-refractivity contribution in [1.82, 2.24) is 10.3 Å². The Morgan fingerprint density at radius 2 is 1.90 bits per heavy atom. The molecule has 1 aromatic heterocycles. The molecule has 0 spiro atoms. The Kier molecular flexibility index (Phi) is 4.47. The lowest BCUT2D eigenvalue weighted by Gasteiger charge is -2.14. The fraction of sp³-hybridized carbons (Fsp3) is 0.0714. The molecule has 2 N–H and O–H groups in total. The summed E-state index contributed by atoms with van der Waals surface area (Å²) in [5, 5.41) is 11.7. The minimum Gasteiger partial charge on any atom is -0.479 e. The largest absolute Gasteiger partial charge is 0.479 e. The Bertz CT molecular complexity index is 631. The number of benzene rings is 1. The Hall–Kier alpha value is -2.21. The molecule has 1 aromatic carbocycles. The van der Waals surface area contributed by atoms with Gasteiger partial charge in [0.1, 0.15) is 0 Å². The van der Waals surface area contributed by atoms with E-state index < -0.39 is 17.9 Å². The van der Waals surface area contributed by atoms with Gasteiger partial charge in [0, 0.05) is 16.9 Å². The molecule has 0 aliphatic carbocycles. The van der Waals surface area contributed by atoms with Crippen molar-refractivity contribution in [3.8, 4) is 0 Å². The molecule has 1 heterocycles. The van der Waals surface area contributed by atoms with Crippen molar-refractivity contribution in [3.05, 3.63) is 64.4 Å². The Balaban J connectivity index is 2.21. The number of halogens is 1. The third kappa shape index (κ3) is 3.42. The molecule has 0 unspecified atom stereocenters. The second-order valence-electron chi connectivity index (χ2n) is 4.05. The molecule has 0 fully saturated rings. The van der Waals surface area contributed by atoms with Gasteiger partial charge in [0.15, 0.2) is 6.04 Å². The average molecular weight is 335 g/mol. The van der Waals surface area contributed by atoms with Crippen molar-refractivity contribution >= 4 is 27.8 Å². The monoisotopic (exact) mass is 334 g/mol. The number of carbonyl (C=O) groups excluding carboxylic acids is 1. The SMILES string of the molecule is O=C(N[C@@H](C(=O)O)c1ccccc1)c1cncc(Br)c1. The highest BCUT2D eigenvalue weighted by molar-refractivity contribution is 9.10. The van der Waals surface area contributed by atoms with Gasteiger partial charge in [-0.3, -0.25) is 9.78 Å². The molecule has 20 heavy (non-hydrogen) atoms. The van der Waals surface area contributed by atoms with Crippen LogP contribution in [0.1, 0.15) is 22.0 Å². The van der Waals surface area contributed by atoms with Gasteiger partial charge in [-0.2, -0.15) is 0 Å². The Morgan fingerprint density at radius 3 is 2.50 bits per heavy atom. The average Bonchev–Trinajstić information content (AvgIpc) is 2.45. The van der Waals surface area contributed by atoms with Crippen LogP contribution in [-0.4, -0.2) is 22.0 Å². The van der Waals surface area contributed by atoms with Gasteiger partial charge in [0.05, 0.1) is 5.56 Å². The third-order valence-electron chi connectivity index (χ3n) is 2.62. The van der Waals surface area contributed by atoms with Crippen LogP contribution in [0.3, 0.4) is 0 Å². The quantitative estimate of drug-likeness (QED) is 0.899. The van der Waals surface area contributed by atoms with E-state index in [9.17, 15) is 14.7 Å². The maximum Gasteiger partial charge on any atom is 0.330 e. The zero-order valence-electron chi connectivity index (χ0n) is 10.3. The number of pyridine rings is 1. The minimum absolute atomic E-state index is 0.293. The van der Waals surface area contributed by atoms with Crippen LogP contribution in [0.5, 0.6) is 0 Å². The number of carboxylic acid groups (broad SMARTS) is 1. The molecular formula is C14H11BrN2O3. The highest BCUT2D eigenvalue weighted by atomic mass is 79.9. The van der Waals surface area contributed by atoms with E-state index >= 15 is 0 Å². The van der Waals surface area contributed by atoms with Crippen molar-refractivity contribution in [3.63, 3.8) is 0 Å². The summed E-state index contributed by atoms with van der Waals surface area (Å²) in [7, 11) is 0. The van der Waals surface area contributed by atoms with Crippen LogP contribution in [0.2, 0.25) is 0 Å². The zero-order valence-corrected chi connectivity index (χ0v) is 11.9. The van der Waals surface area contributed by atoms with Crippen molar-refractivity contribution in [1.29, 1.82) is 0 Å². The lowest BCUT2D eigenvalue weighted by molar-refractivity contribution is -0.139. The lowest BCUT2D eigenvalue weighted by Crippen LogP contribution is -2.33. The van der Waals surface area contributed by atoms with E-state index in [1.165, 1.54) is 6.20 Å². The van der Waals surface area contributed by atoms with Crippen LogP contribution >= 0.6 is 15.9 Å². The molecule has 0 radical (unpaired) electrons. The van der Waals surface area contributed by atoms with Gasteiger partial charge < -0.3 is 10.4 Å². The molecule has 0 saturated heterocycles. The molecule has 0 aliphatic heterocycles. The summed E-state index contributed by atoms with van der Waals surface area (Å²) < 4.78 is 0.650. The number of hydrogen-bond acceptors (Lipinski definition) is 3. The first-order chi connectivity index (χ1) is 9.58. The summed E-state index contributed by atoms with van der Waals surface area (Å²) in [6, 6.07) is 9.00. The number of amides is 1. The number of rotatable bonds is 4. The maximum atomic E-state index is 12.0. The Morgan fingerprint density at radius 1 is 1.20 bits per heavy atom. The molecule has 0 saturated carbocycles. The molecule has 2 rings (SSSR count). The van der Waals surface area contributed by atoms with E-state index in [-0.39, 0.29) is 0 Å². The predicted octanol–water partition coefficient (Wildman–Crippen LogP) is 2.40.